The molecular weight excluding hydrogens is 210 g/mol. The Kier molecular flexibility index (Phi) is 3.66. The number of likely N-dealkylation sites (N-methyl/N-ethyl adjacent to an activating group) is 1. The van der Waals surface area contributed by atoms with Gasteiger partial charge in [0, 0.05) is 13.6 Å². The van der Waals surface area contributed by atoms with Crippen molar-refractivity contribution in [2.75, 3.05) is 13.6 Å². The van der Waals surface area contributed by atoms with Gasteiger partial charge in [-0.3, -0.25) is 0 Å². The highest BCUT2D eigenvalue weighted by atomic mass is 32.2. The molecule has 0 aliphatic heterocycles. The standard InChI is InChI=1S/C11H15NO2S/c1-10(2)9-12(3)15(13,14)11-7-5-4-6-8-11/h4-8H,1,9H2,2-3H3. The molecule has 15 heavy (non-hydrogen) atoms. The lowest BCUT2D eigenvalue weighted by Crippen LogP contribution is -2.28. The maximum Gasteiger partial charge on any atom is 0.243 e. The van der Waals surface area contributed by atoms with E-state index >= 15 is 0 Å². The smallest absolute Gasteiger partial charge is 0.207 e. The third-order valence-electron chi connectivity index (χ3n) is 1.94. The molecule has 0 bridgehead atoms. The van der Waals surface area contributed by atoms with Crippen molar-refractivity contribution in [3.8, 4) is 0 Å². The van der Waals surface area contributed by atoms with E-state index in [1.54, 1.807) is 44.3 Å². The van der Waals surface area contributed by atoms with Crippen molar-refractivity contribution in [1.82, 2.24) is 4.31 Å². The molecule has 4 heteroatoms. The third-order valence-corrected chi connectivity index (χ3v) is 3.76. The molecule has 1 aromatic carbocycles. The van der Waals surface area contributed by atoms with Crippen LogP contribution in [0.4, 0.5) is 0 Å². The van der Waals surface area contributed by atoms with E-state index in [1.807, 2.05) is 0 Å². The fourth-order valence-electron chi connectivity index (χ4n) is 1.24. The first-order valence-corrected chi connectivity index (χ1v) is 6.04. The summed E-state index contributed by atoms with van der Waals surface area (Å²) < 4.78 is 25.2. The van der Waals surface area contributed by atoms with Crippen molar-refractivity contribution in [2.24, 2.45) is 0 Å². The van der Waals surface area contributed by atoms with Crippen LogP contribution in [0.15, 0.2) is 47.4 Å². The zero-order valence-corrected chi connectivity index (χ0v) is 9.79. The molecule has 0 amide bonds. The second kappa shape index (κ2) is 4.59. The van der Waals surface area contributed by atoms with Gasteiger partial charge in [0.1, 0.15) is 0 Å². The molecule has 0 saturated heterocycles. The summed E-state index contributed by atoms with van der Waals surface area (Å²) in [7, 11) is -1.81. The summed E-state index contributed by atoms with van der Waals surface area (Å²) in [6.45, 7) is 5.84. The van der Waals surface area contributed by atoms with E-state index < -0.39 is 10.0 Å². The van der Waals surface area contributed by atoms with Gasteiger partial charge in [0.15, 0.2) is 0 Å². The number of nitrogens with zero attached hydrogens (tertiary/aromatic N) is 1. The van der Waals surface area contributed by atoms with Crippen LogP contribution in [0.1, 0.15) is 6.92 Å². The Labute approximate surface area is 91.1 Å². The lowest BCUT2D eigenvalue weighted by molar-refractivity contribution is 0.493. The van der Waals surface area contributed by atoms with Gasteiger partial charge in [0.25, 0.3) is 0 Å². The van der Waals surface area contributed by atoms with Crippen molar-refractivity contribution in [3.63, 3.8) is 0 Å². The molecule has 0 radical (unpaired) electrons. The first-order valence-electron chi connectivity index (χ1n) is 4.60. The SMILES string of the molecule is C=C(C)CN(C)S(=O)(=O)c1ccccc1. The van der Waals surface area contributed by atoms with Crippen LogP contribution in [0.2, 0.25) is 0 Å². The lowest BCUT2D eigenvalue weighted by Gasteiger charge is -2.16. The Morgan fingerprint density at radius 2 is 1.87 bits per heavy atom. The molecule has 3 nitrogen and oxygen atoms in total. The van der Waals surface area contributed by atoms with Gasteiger partial charge < -0.3 is 0 Å². The van der Waals surface area contributed by atoms with E-state index in [-0.39, 0.29) is 0 Å². The summed E-state index contributed by atoms with van der Waals surface area (Å²) in [5.74, 6) is 0. The van der Waals surface area contributed by atoms with E-state index in [0.29, 0.717) is 11.4 Å². The number of benzene rings is 1. The molecule has 1 rings (SSSR count). The summed E-state index contributed by atoms with van der Waals surface area (Å²) in [5, 5.41) is 0. The van der Waals surface area contributed by atoms with E-state index in [1.165, 1.54) is 4.31 Å². The van der Waals surface area contributed by atoms with Crippen LogP contribution in [0, 0.1) is 0 Å². The molecule has 0 saturated carbocycles. The molecule has 1 aromatic rings. The van der Waals surface area contributed by atoms with Crippen molar-refractivity contribution < 1.29 is 8.42 Å². The highest BCUT2D eigenvalue weighted by molar-refractivity contribution is 7.89. The second-order valence-corrected chi connectivity index (χ2v) is 5.58. The van der Waals surface area contributed by atoms with Crippen LogP contribution < -0.4 is 0 Å². The number of hydrogen-bond donors (Lipinski definition) is 0. The number of rotatable bonds is 4. The molecule has 0 aliphatic carbocycles. The normalized spacial score (nSPS) is 11.7. The molecule has 0 fully saturated rings. The first-order chi connectivity index (χ1) is 6.94. The van der Waals surface area contributed by atoms with E-state index in [2.05, 4.69) is 6.58 Å². The average Bonchev–Trinajstić information content (AvgIpc) is 2.18. The minimum absolute atomic E-state index is 0.314. The van der Waals surface area contributed by atoms with Crippen molar-refractivity contribution in [3.05, 3.63) is 42.5 Å². The highest BCUT2D eigenvalue weighted by Crippen LogP contribution is 2.13. The molecular formula is C11H15NO2S. The summed E-state index contributed by atoms with van der Waals surface area (Å²) in [4.78, 5) is 0.314. The van der Waals surface area contributed by atoms with Crippen molar-refractivity contribution >= 4 is 10.0 Å². The monoisotopic (exact) mass is 225 g/mol. The second-order valence-electron chi connectivity index (χ2n) is 3.53. The first kappa shape index (κ1) is 11.9. The van der Waals surface area contributed by atoms with Gasteiger partial charge in [-0.2, -0.15) is 4.31 Å². The van der Waals surface area contributed by atoms with Gasteiger partial charge >= 0.3 is 0 Å². The third kappa shape index (κ3) is 2.91. The molecule has 0 heterocycles. The average molecular weight is 225 g/mol. The largest absolute Gasteiger partial charge is 0.243 e. The Hall–Kier alpha value is -1.13. The van der Waals surface area contributed by atoms with E-state index in [0.717, 1.165) is 5.57 Å². The molecule has 0 N–H and O–H groups in total. The summed E-state index contributed by atoms with van der Waals surface area (Å²) in [6.07, 6.45) is 0. The van der Waals surface area contributed by atoms with Gasteiger partial charge in [-0.05, 0) is 19.1 Å². The van der Waals surface area contributed by atoms with Gasteiger partial charge in [0.2, 0.25) is 10.0 Å². The van der Waals surface area contributed by atoms with Crippen LogP contribution in [0.5, 0.6) is 0 Å². The fraction of sp³-hybridized carbons (Fsp3) is 0.273. The highest BCUT2D eigenvalue weighted by Gasteiger charge is 2.19. The van der Waals surface area contributed by atoms with Gasteiger partial charge in [-0.25, -0.2) is 8.42 Å². The Bertz CT molecular complexity index is 437. The fourth-order valence-corrected chi connectivity index (χ4v) is 2.49. The quantitative estimate of drug-likeness (QED) is 0.734. The topological polar surface area (TPSA) is 37.4 Å². The maximum atomic E-state index is 12.0. The van der Waals surface area contributed by atoms with Gasteiger partial charge in [-0.1, -0.05) is 30.4 Å². The lowest BCUT2D eigenvalue weighted by atomic mass is 10.4. The van der Waals surface area contributed by atoms with Gasteiger partial charge in [0.05, 0.1) is 4.90 Å². The molecule has 0 aromatic heterocycles. The van der Waals surface area contributed by atoms with Crippen LogP contribution in [-0.4, -0.2) is 26.3 Å². The van der Waals surface area contributed by atoms with Crippen LogP contribution >= 0.6 is 0 Å². The van der Waals surface area contributed by atoms with Crippen LogP contribution in [0.3, 0.4) is 0 Å². The van der Waals surface area contributed by atoms with Crippen LogP contribution in [0.25, 0.3) is 0 Å². The van der Waals surface area contributed by atoms with Crippen LogP contribution in [-0.2, 0) is 10.0 Å². The predicted molar refractivity (Wildman–Crippen MR) is 61.1 cm³/mol. The molecule has 0 aliphatic rings. The van der Waals surface area contributed by atoms with E-state index in [4.69, 9.17) is 0 Å². The number of hydrogen-bond acceptors (Lipinski definition) is 2. The zero-order chi connectivity index (χ0) is 11.5. The maximum absolute atomic E-state index is 12.0. The minimum atomic E-state index is -3.36. The van der Waals surface area contributed by atoms with Crippen molar-refractivity contribution in [2.45, 2.75) is 11.8 Å². The summed E-state index contributed by atoms with van der Waals surface area (Å²) >= 11 is 0. The summed E-state index contributed by atoms with van der Waals surface area (Å²) in [6, 6.07) is 8.38. The van der Waals surface area contributed by atoms with E-state index in [9.17, 15) is 8.42 Å². The number of sulfonamides is 1. The predicted octanol–water partition coefficient (Wildman–Crippen LogP) is 1.88. The molecule has 0 spiro atoms. The van der Waals surface area contributed by atoms with Crippen molar-refractivity contribution in [1.29, 1.82) is 0 Å². The summed E-state index contributed by atoms with van der Waals surface area (Å²) in [5.41, 5.74) is 0.817. The Morgan fingerprint density at radius 1 is 1.33 bits per heavy atom. The zero-order valence-electron chi connectivity index (χ0n) is 8.97. The molecule has 0 atom stereocenters. The van der Waals surface area contributed by atoms with Gasteiger partial charge in [-0.15, -0.1) is 0 Å². The molecule has 0 unspecified atom stereocenters. The Morgan fingerprint density at radius 3 is 2.33 bits per heavy atom. The minimum Gasteiger partial charge on any atom is -0.207 e. The Balaban J connectivity index is 2.99. The molecule has 82 valence electrons.